The number of hydrogen-bond acceptors (Lipinski definition) is 6. The van der Waals surface area contributed by atoms with Crippen molar-refractivity contribution >= 4 is 15.9 Å². The van der Waals surface area contributed by atoms with Crippen LogP contribution in [0.25, 0.3) is 0 Å². The van der Waals surface area contributed by atoms with Crippen LogP contribution in [0.4, 0.5) is 0 Å². The van der Waals surface area contributed by atoms with E-state index in [-0.39, 0.29) is 17.3 Å². The van der Waals surface area contributed by atoms with Gasteiger partial charge in [0.15, 0.2) is 11.5 Å². The largest absolute Gasteiger partial charge is 0.497 e. The third-order valence-electron chi connectivity index (χ3n) is 5.37. The van der Waals surface area contributed by atoms with Gasteiger partial charge in [0.1, 0.15) is 5.75 Å². The average Bonchev–Trinajstić information content (AvgIpc) is 2.82. The number of rotatable bonds is 8. The normalized spacial score (nSPS) is 17.1. The second-order valence-corrected chi connectivity index (χ2v) is 9.22. The molecule has 0 radical (unpaired) electrons. The van der Waals surface area contributed by atoms with Gasteiger partial charge < -0.3 is 19.5 Å². The van der Waals surface area contributed by atoms with Crippen LogP contribution in [-0.2, 0) is 21.4 Å². The fourth-order valence-corrected chi connectivity index (χ4v) is 5.12. The molecule has 2 aromatic rings. The molecule has 3 rings (SSSR count). The first kappa shape index (κ1) is 22.9. The van der Waals surface area contributed by atoms with E-state index in [1.54, 1.807) is 13.2 Å². The number of amides is 1. The SMILES string of the molecule is COc1ccc(CNC(=O)[C@@H]2CCCN(S(=O)(=O)c3ccc(OC)c(OC)c3)C2)cc1. The molecule has 1 aliphatic rings. The van der Waals surface area contributed by atoms with E-state index in [2.05, 4.69) is 5.32 Å². The summed E-state index contributed by atoms with van der Waals surface area (Å²) in [6.07, 6.45) is 1.26. The molecule has 0 spiro atoms. The van der Waals surface area contributed by atoms with Crippen molar-refractivity contribution in [2.45, 2.75) is 24.3 Å². The highest BCUT2D eigenvalue weighted by Gasteiger charge is 2.33. The van der Waals surface area contributed by atoms with Crippen LogP contribution in [-0.4, -0.2) is 53.0 Å². The fraction of sp³-hybridized carbons (Fsp3) is 0.409. The summed E-state index contributed by atoms with van der Waals surface area (Å²) in [5.74, 6) is 0.994. The molecular weight excluding hydrogens is 420 g/mol. The predicted octanol–water partition coefficient (Wildman–Crippen LogP) is 2.43. The van der Waals surface area contributed by atoms with Crippen LogP contribution in [0.15, 0.2) is 47.4 Å². The van der Waals surface area contributed by atoms with Crippen LogP contribution >= 0.6 is 0 Å². The number of ether oxygens (including phenoxy) is 3. The molecule has 1 N–H and O–H groups in total. The van der Waals surface area contributed by atoms with Crippen LogP contribution in [0.5, 0.6) is 17.2 Å². The Kier molecular flexibility index (Phi) is 7.40. The van der Waals surface area contributed by atoms with Crippen molar-refractivity contribution in [3.63, 3.8) is 0 Å². The van der Waals surface area contributed by atoms with Gasteiger partial charge in [0.2, 0.25) is 15.9 Å². The second kappa shape index (κ2) is 10.0. The maximum atomic E-state index is 13.1. The first-order valence-corrected chi connectivity index (χ1v) is 11.5. The maximum Gasteiger partial charge on any atom is 0.243 e. The zero-order valence-electron chi connectivity index (χ0n) is 18.0. The first-order valence-electron chi connectivity index (χ1n) is 10.0. The summed E-state index contributed by atoms with van der Waals surface area (Å²) in [5, 5.41) is 2.91. The predicted molar refractivity (Wildman–Crippen MR) is 116 cm³/mol. The molecule has 9 heteroatoms. The van der Waals surface area contributed by atoms with Crippen molar-refractivity contribution in [1.29, 1.82) is 0 Å². The first-order chi connectivity index (χ1) is 14.9. The Morgan fingerprint density at radius 3 is 2.39 bits per heavy atom. The third kappa shape index (κ3) is 5.29. The number of piperidine rings is 1. The summed E-state index contributed by atoms with van der Waals surface area (Å²) in [4.78, 5) is 12.8. The molecule has 8 nitrogen and oxygen atoms in total. The number of methoxy groups -OCH3 is 3. The van der Waals surface area contributed by atoms with Crippen LogP contribution in [0.3, 0.4) is 0 Å². The molecule has 2 aromatic carbocycles. The van der Waals surface area contributed by atoms with Gasteiger partial charge in [0.25, 0.3) is 0 Å². The van der Waals surface area contributed by atoms with Crippen molar-refractivity contribution in [3.05, 3.63) is 48.0 Å². The van der Waals surface area contributed by atoms with Crippen molar-refractivity contribution in [2.24, 2.45) is 5.92 Å². The number of nitrogens with one attached hydrogen (secondary N) is 1. The van der Waals surface area contributed by atoms with E-state index in [0.29, 0.717) is 37.4 Å². The smallest absolute Gasteiger partial charge is 0.243 e. The Labute approximate surface area is 183 Å². The van der Waals surface area contributed by atoms with Crippen LogP contribution in [0.2, 0.25) is 0 Å². The van der Waals surface area contributed by atoms with Crippen molar-refractivity contribution in [3.8, 4) is 17.2 Å². The average molecular weight is 449 g/mol. The summed E-state index contributed by atoms with van der Waals surface area (Å²) in [6, 6.07) is 11.9. The van der Waals surface area contributed by atoms with Gasteiger partial charge in [0, 0.05) is 25.7 Å². The summed E-state index contributed by atoms with van der Waals surface area (Å²) >= 11 is 0. The Morgan fingerprint density at radius 1 is 1.03 bits per heavy atom. The van der Waals surface area contributed by atoms with Crippen molar-refractivity contribution in [1.82, 2.24) is 9.62 Å². The molecule has 31 heavy (non-hydrogen) atoms. The molecule has 1 aliphatic heterocycles. The molecule has 0 aromatic heterocycles. The van der Waals surface area contributed by atoms with Gasteiger partial charge in [0.05, 0.1) is 32.1 Å². The molecule has 1 heterocycles. The van der Waals surface area contributed by atoms with Gasteiger partial charge in [-0.15, -0.1) is 0 Å². The zero-order chi connectivity index (χ0) is 22.4. The lowest BCUT2D eigenvalue weighted by Crippen LogP contribution is -2.45. The van der Waals surface area contributed by atoms with Crippen LogP contribution in [0, 0.1) is 5.92 Å². The number of sulfonamides is 1. The van der Waals surface area contributed by atoms with Gasteiger partial charge in [-0.2, -0.15) is 4.31 Å². The lowest BCUT2D eigenvalue weighted by Gasteiger charge is -2.31. The number of nitrogens with zero attached hydrogens (tertiary/aromatic N) is 1. The lowest BCUT2D eigenvalue weighted by atomic mass is 9.99. The van der Waals surface area contributed by atoms with Gasteiger partial charge in [-0.05, 0) is 42.7 Å². The van der Waals surface area contributed by atoms with E-state index in [9.17, 15) is 13.2 Å². The Hall–Kier alpha value is -2.78. The summed E-state index contributed by atoms with van der Waals surface area (Å²) in [7, 11) is 0.790. The highest BCUT2D eigenvalue weighted by molar-refractivity contribution is 7.89. The number of benzene rings is 2. The quantitative estimate of drug-likeness (QED) is 0.667. The molecule has 1 saturated heterocycles. The lowest BCUT2D eigenvalue weighted by molar-refractivity contribution is -0.126. The molecule has 0 aliphatic carbocycles. The highest BCUT2D eigenvalue weighted by atomic mass is 32.2. The minimum absolute atomic E-state index is 0.115. The van der Waals surface area contributed by atoms with Gasteiger partial charge in [-0.1, -0.05) is 12.1 Å². The molecule has 0 unspecified atom stereocenters. The molecule has 0 bridgehead atoms. The topological polar surface area (TPSA) is 94.2 Å². The fourth-order valence-electron chi connectivity index (χ4n) is 3.58. The van der Waals surface area contributed by atoms with E-state index in [1.165, 1.54) is 30.7 Å². The van der Waals surface area contributed by atoms with Crippen molar-refractivity contribution in [2.75, 3.05) is 34.4 Å². The van der Waals surface area contributed by atoms with E-state index >= 15 is 0 Å². The van der Waals surface area contributed by atoms with Crippen molar-refractivity contribution < 1.29 is 27.4 Å². The minimum Gasteiger partial charge on any atom is -0.497 e. The zero-order valence-corrected chi connectivity index (χ0v) is 18.8. The number of carbonyl (C=O) groups excluding carboxylic acids is 1. The molecule has 1 fully saturated rings. The number of carbonyl (C=O) groups is 1. The molecule has 1 atom stereocenters. The summed E-state index contributed by atoms with van der Waals surface area (Å²) in [6.45, 7) is 0.895. The Balaban J connectivity index is 1.66. The monoisotopic (exact) mass is 448 g/mol. The molecule has 1 amide bonds. The molecular formula is C22H28N2O6S. The molecule has 0 saturated carbocycles. The maximum absolute atomic E-state index is 13.1. The highest BCUT2D eigenvalue weighted by Crippen LogP contribution is 2.32. The van der Waals surface area contributed by atoms with E-state index in [1.807, 2.05) is 24.3 Å². The Morgan fingerprint density at radius 2 is 1.74 bits per heavy atom. The summed E-state index contributed by atoms with van der Waals surface area (Å²) < 4.78 is 43.2. The Bertz CT molecular complexity index is 1010. The van der Waals surface area contributed by atoms with Crippen LogP contribution < -0.4 is 19.5 Å². The van der Waals surface area contributed by atoms with Gasteiger partial charge in [-0.3, -0.25) is 4.79 Å². The minimum atomic E-state index is -3.76. The summed E-state index contributed by atoms with van der Waals surface area (Å²) in [5.41, 5.74) is 0.944. The van der Waals surface area contributed by atoms with E-state index in [4.69, 9.17) is 14.2 Å². The van der Waals surface area contributed by atoms with Crippen LogP contribution in [0.1, 0.15) is 18.4 Å². The second-order valence-electron chi connectivity index (χ2n) is 7.28. The standard InChI is InChI=1S/C22H28N2O6S/c1-28-18-8-6-16(7-9-18)14-23-22(25)17-5-4-12-24(15-17)31(26,27)19-10-11-20(29-2)21(13-19)30-3/h6-11,13,17H,4-5,12,14-15H2,1-3H3,(H,23,25)/t17-/m1/s1. The number of hydrogen-bond donors (Lipinski definition) is 1. The van der Waals surface area contributed by atoms with Gasteiger partial charge in [-0.25, -0.2) is 8.42 Å². The third-order valence-corrected chi connectivity index (χ3v) is 7.23. The van der Waals surface area contributed by atoms with E-state index < -0.39 is 15.9 Å². The van der Waals surface area contributed by atoms with Gasteiger partial charge >= 0.3 is 0 Å². The molecule has 168 valence electrons. The van der Waals surface area contributed by atoms with E-state index in [0.717, 1.165) is 11.3 Å².